The lowest BCUT2D eigenvalue weighted by molar-refractivity contribution is -0.139. The van der Waals surface area contributed by atoms with Gasteiger partial charge >= 0.3 is 6.09 Å². The molecular formula is C33H40Cl2N4O6S2. The van der Waals surface area contributed by atoms with Crippen LogP contribution < -0.4 is 9.46 Å². The summed E-state index contributed by atoms with van der Waals surface area (Å²) in [6.45, 7) is 10.3. The maximum atomic E-state index is 14.1. The van der Waals surface area contributed by atoms with E-state index in [0.717, 1.165) is 16.6 Å². The maximum absolute atomic E-state index is 14.1. The predicted octanol–water partition coefficient (Wildman–Crippen LogP) is 6.36. The van der Waals surface area contributed by atoms with Crippen molar-refractivity contribution in [3.05, 3.63) is 63.3 Å². The van der Waals surface area contributed by atoms with Crippen LogP contribution in [0.15, 0.2) is 41.3 Å². The van der Waals surface area contributed by atoms with Crippen LogP contribution in [-0.4, -0.2) is 84.0 Å². The number of pyridine rings is 1. The van der Waals surface area contributed by atoms with Crippen molar-refractivity contribution in [3.8, 4) is 5.75 Å². The third kappa shape index (κ3) is 7.94. The van der Waals surface area contributed by atoms with Crippen LogP contribution in [0, 0.1) is 13.8 Å². The molecule has 5 rings (SSSR count). The van der Waals surface area contributed by atoms with Crippen molar-refractivity contribution in [2.45, 2.75) is 70.1 Å². The number of ether oxygens (including phenoxy) is 2. The van der Waals surface area contributed by atoms with E-state index < -0.39 is 27.3 Å². The second-order valence-corrected chi connectivity index (χ2v) is 16.6. The molecule has 2 saturated heterocycles. The van der Waals surface area contributed by atoms with Crippen molar-refractivity contribution >= 4 is 67.9 Å². The lowest BCUT2D eigenvalue weighted by Gasteiger charge is -2.42. The highest BCUT2D eigenvalue weighted by atomic mass is 35.5. The van der Waals surface area contributed by atoms with Gasteiger partial charge in [-0.25, -0.2) is 18.2 Å². The fourth-order valence-corrected chi connectivity index (χ4v) is 9.35. The molecular weight excluding hydrogens is 683 g/mol. The Morgan fingerprint density at radius 2 is 1.68 bits per heavy atom. The number of hydrogen-bond acceptors (Lipinski definition) is 8. The van der Waals surface area contributed by atoms with E-state index in [1.54, 1.807) is 48.4 Å². The van der Waals surface area contributed by atoms with E-state index >= 15 is 0 Å². The Morgan fingerprint density at radius 3 is 2.34 bits per heavy atom. The summed E-state index contributed by atoms with van der Waals surface area (Å²) in [5.41, 5.74) is 0.897. The number of aromatic nitrogens is 1. The number of para-hydroxylation sites is 1. The summed E-state index contributed by atoms with van der Waals surface area (Å²) in [7, 11) is -4.30. The molecule has 3 heterocycles. The number of rotatable bonds is 7. The van der Waals surface area contributed by atoms with E-state index in [-0.39, 0.29) is 53.6 Å². The molecule has 14 heteroatoms. The normalized spacial score (nSPS) is 17.1. The van der Waals surface area contributed by atoms with E-state index in [0.29, 0.717) is 41.2 Å². The number of carbonyl (C=O) groups is 2. The summed E-state index contributed by atoms with van der Waals surface area (Å²) in [6, 6.07) is 10.4. The van der Waals surface area contributed by atoms with Gasteiger partial charge < -0.3 is 19.3 Å². The Bertz CT molecular complexity index is 1780. The molecule has 1 aromatic heterocycles. The molecule has 0 radical (unpaired) electrons. The zero-order valence-corrected chi connectivity index (χ0v) is 30.3. The van der Waals surface area contributed by atoms with Gasteiger partial charge in [0.1, 0.15) is 33.9 Å². The molecule has 2 aliphatic rings. The number of halogens is 2. The summed E-state index contributed by atoms with van der Waals surface area (Å²) in [5, 5.41) is 1.11. The highest BCUT2D eigenvalue weighted by Gasteiger charge is 2.46. The van der Waals surface area contributed by atoms with Crippen molar-refractivity contribution in [2.24, 2.45) is 0 Å². The van der Waals surface area contributed by atoms with E-state index in [2.05, 4.69) is 9.71 Å². The van der Waals surface area contributed by atoms with Gasteiger partial charge in [-0.15, -0.1) is 0 Å². The van der Waals surface area contributed by atoms with Crippen LogP contribution in [0.2, 0.25) is 10.0 Å². The molecule has 1 N–H and O–H groups in total. The minimum atomic E-state index is -4.30. The number of amides is 2. The van der Waals surface area contributed by atoms with Gasteiger partial charge in [0, 0.05) is 47.8 Å². The summed E-state index contributed by atoms with van der Waals surface area (Å²) in [5.74, 6) is 1.42. The number of benzene rings is 2. The molecule has 2 aliphatic heterocycles. The lowest BCUT2D eigenvalue weighted by atomic mass is 9.91. The van der Waals surface area contributed by atoms with Gasteiger partial charge in [-0.05, 0) is 88.8 Å². The van der Waals surface area contributed by atoms with Crippen molar-refractivity contribution in [3.63, 3.8) is 0 Å². The average molecular weight is 724 g/mol. The first kappa shape index (κ1) is 35.5. The zero-order valence-electron chi connectivity index (χ0n) is 27.2. The molecule has 0 aliphatic carbocycles. The van der Waals surface area contributed by atoms with E-state index in [9.17, 15) is 18.0 Å². The van der Waals surface area contributed by atoms with Crippen LogP contribution in [0.3, 0.4) is 0 Å². The highest BCUT2D eigenvalue weighted by Crippen LogP contribution is 2.36. The number of sulfonamides is 1. The Balaban J connectivity index is 1.36. The SMILES string of the molecule is Cc1cc(C)c2cccc(OCc3c(Cl)ccc(S(=O)(=O)NC4(C(=O)N5CCN(C(=O)OC(C)(C)C)CC5)CCSCC4)c3Cl)c2n1. The van der Waals surface area contributed by atoms with Crippen molar-refractivity contribution in [1.29, 1.82) is 0 Å². The smallest absolute Gasteiger partial charge is 0.410 e. The number of fused-ring (bicyclic) bond motifs is 1. The third-order valence-electron chi connectivity index (χ3n) is 8.25. The van der Waals surface area contributed by atoms with Crippen LogP contribution in [0.5, 0.6) is 5.75 Å². The molecule has 10 nitrogen and oxygen atoms in total. The highest BCUT2D eigenvalue weighted by molar-refractivity contribution is 7.99. The second-order valence-electron chi connectivity index (χ2n) is 12.9. The van der Waals surface area contributed by atoms with Crippen molar-refractivity contribution in [1.82, 2.24) is 19.5 Å². The molecule has 0 atom stereocenters. The summed E-state index contributed by atoms with van der Waals surface area (Å²) in [6.07, 6.45) is 0.194. The van der Waals surface area contributed by atoms with Gasteiger partial charge in [-0.1, -0.05) is 35.3 Å². The fraction of sp³-hybridized carbons (Fsp3) is 0.485. The van der Waals surface area contributed by atoms with E-state index in [1.165, 1.54) is 12.1 Å². The number of aryl methyl sites for hydroxylation is 2. The Morgan fingerprint density at radius 1 is 1.02 bits per heavy atom. The fourth-order valence-electron chi connectivity index (χ4n) is 5.85. The van der Waals surface area contributed by atoms with E-state index in [1.807, 2.05) is 32.0 Å². The molecule has 254 valence electrons. The largest absolute Gasteiger partial charge is 0.487 e. The number of piperazine rings is 1. The van der Waals surface area contributed by atoms with Crippen molar-refractivity contribution in [2.75, 3.05) is 37.7 Å². The summed E-state index contributed by atoms with van der Waals surface area (Å²) in [4.78, 5) is 34.3. The van der Waals surface area contributed by atoms with Gasteiger partial charge in [-0.3, -0.25) is 4.79 Å². The number of nitrogens with zero attached hydrogens (tertiary/aromatic N) is 3. The molecule has 2 fully saturated rings. The van der Waals surface area contributed by atoms with Gasteiger partial charge in [0.2, 0.25) is 15.9 Å². The van der Waals surface area contributed by atoms with Crippen LogP contribution in [-0.2, 0) is 26.2 Å². The number of thioether (sulfide) groups is 1. The molecule has 0 spiro atoms. The molecule has 2 amide bonds. The molecule has 0 saturated carbocycles. The first-order chi connectivity index (χ1) is 22.1. The van der Waals surface area contributed by atoms with Crippen LogP contribution in [0.4, 0.5) is 4.79 Å². The monoisotopic (exact) mass is 722 g/mol. The number of hydrogen-bond donors (Lipinski definition) is 1. The molecule has 47 heavy (non-hydrogen) atoms. The number of nitrogens with one attached hydrogen (secondary N) is 1. The third-order valence-corrected chi connectivity index (χ3v) is 11.7. The predicted molar refractivity (Wildman–Crippen MR) is 186 cm³/mol. The Labute approximate surface area is 290 Å². The van der Waals surface area contributed by atoms with Crippen LogP contribution in [0.25, 0.3) is 10.9 Å². The van der Waals surface area contributed by atoms with Gasteiger partial charge in [0.25, 0.3) is 0 Å². The molecule has 0 bridgehead atoms. The summed E-state index contributed by atoms with van der Waals surface area (Å²) < 4.78 is 42.5. The standard InChI is InChI=1S/C33H40Cl2N4O6S2/c1-21-19-22(2)36-29-23(21)7-6-8-26(29)44-20-24-25(34)9-10-27(28(24)35)47(42,43)37-33(11-17-46-18-12-33)30(40)38-13-15-39(16-14-38)31(41)45-32(3,4)5/h6-10,19,37H,11-18,20H2,1-5H3. The second kappa shape index (κ2) is 14.0. The Hall–Kier alpha value is -2.77. The molecule has 0 unspecified atom stereocenters. The summed E-state index contributed by atoms with van der Waals surface area (Å²) >= 11 is 15.0. The first-order valence-corrected chi connectivity index (χ1v) is 18.9. The minimum absolute atomic E-state index is 0.0793. The van der Waals surface area contributed by atoms with Crippen LogP contribution >= 0.6 is 35.0 Å². The zero-order chi connectivity index (χ0) is 34.1. The Kier molecular flexibility index (Phi) is 10.6. The lowest BCUT2D eigenvalue weighted by Crippen LogP contribution is -2.64. The quantitative estimate of drug-likeness (QED) is 0.300. The molecule has 3 aromatic rings. The topological polar surface area (TPSA) is 118 Å². The minimum Gasteiger partial charge on any atom is -0.487 e. The van der Waals surface area contributed by atoms with Crippen LogP contribution in [0.1, 0.15) is 50.4 Å². The van der Waals surface area contributed by atoms with Gasteiger partial charge in [0.05, 0.1) is 5.02 Å². The van der Waals surface area contributed by atoms with Gasteiger partial charge in [0.15, 0.2) is 0 Å². The molecule has 2 aromatic carbocycles. The average Bonchev–Trinajstić information content (AvgIpc) is 3.00. The van der Waals surface area contributed by atoms with Crippen molar-refractivity contribution < 1.29 is 27.5 Å². The van der Waals surface area contributed by atoms with E-state index in [4.69, 9.17) is 32.7 Å². The maximum Gasteiger partial charge on any atom is 0.410 e. The number of carbonyl (C=O) groups excluding carboxylic acids is 2. The van der Waals surface area contributed by atoms with Gasteiger partial charge in [-0.2, -0.15) is 16.5 Å². The first-order valence-electron chi connectivity index (χ1n) is 15.5.